The Morgan fingerprint density at radius 2 is 1.94 bits per heavy atom. The van der Waals surface area contributed by atoms with Gasteiger partial charge >= 0.3 is 0 Å². The molecule has 2 heteroatoms. The lowest BCUT2D eigenvalue weighted by molar-refractivity contribution is 0.418. The largest absolute Gasteiger partial charge is 0.461 e. The number of furan rings is 1. The Hall–Kier alpha value is -1.28. The minimum absolute atomic E-state index is 0.173. The molecule has 0 radical (unpaired) electrons. The number of hydrogen-bond donors (Lipinski definition) is 1. The van der Waals surface area contributed by atoms with E-state index in [-0.39, 0.29) is 5.54 Å². The molecule has 0 fully saturated rings. The molecule has 16 heavy (non-hydrogen) atoms. The number of para-hydroxylation sites is 1. The first-order chi connectivity index (χ1) is 7.54. The molecular formula is C14H19NO. The maximum Gasteiger partial charge on any atom is 0.134 e. The smallest absolute Gasteiger partial charge is 0.134 e. The van der Waals surface area contributed by atoms with Gasteiger partial charge in [0.05, 0.1) is 0 Å². The van der Waals surface area contributed by atoms with Crippen molar-refractivity contribution in [1.82, 2.24) is 5.32 Å². The second-order valence-electron chi connectivity index (χ2n) is 5.18. The fourth-order valence-electron chi connectivity index (χ4n) is 1.72. The fraction of sp³-hybridized carbons (Fsp3) is 0.429. The van der Waals surface area contributed by atoms with Gasteiger partial charge in [0, 0.05) is 23.9 Å². The lowest BCUT2D eigenvalue weighted by Gasteiger charge is -2.19. The van der Waals surface area contributed by atoms with Gasteiger partial charge in [-0.15, -0.1) is 0 Å². The Morgan fingerprint density at radius 1 is 1.19 bits per heavy atom. The second-order valence-corrected chi connectivity index (χ2v) is 5.18. The molecule has 0 aliphatic rings. The third-order valence-electron chi connectivity index (χ3n) is 2.50. The molecule has 0 saturated heterocycles. The lowest BCUT2D eigenvalue weighted by atomic mass is 10.1. The van der Waals surface area contributed by atoms with Crippen LogP contribution in [0.1, 0.15) is 26.5 Å². The highest BCUT2D eigenvalue weighted by Gasteiger charge is 2.09. The topological polar surface area (TPSA) is 25.2 Å². The molecule has 0 aliphatic carbocycles. The van der Waals surface area contributed by atoms with Crippen LogP contribution in [0.2, 0.25) is 0 Å². The van der Waals surface area contributed by atoms with Gasteiger partial charge in [-0.3, -0.25) is 0 Å². The molecule has 0 spiro atoms. The van der Waals surface area contributed by atoms with Crippen molar-refractivity contribution in [2.45, 2.75) is 32.7 Å². The van der Waals surface area contributed by atoms with E-state index in [1.54, 1.807) is 0 Å². The van der Waals surface area contributed by atoms with E-state index in [1.165, 1.54) is 5.39 Å². The number of hydrogen-bond acceptors (Lipinski definition) is 2. The zero-order valence-corrected chi connectivity index (χ0v) is 10.2. The Labute approximate surface area is 96.6 Å². The van der Waals surface area contributed by atoms with Gasteiger partial charge in [0.15, 0.2) is 0 Å². The van der Waals surface area contributed by atoms with E-state index >= 15 is 0 Å². The van der Waals surface area contributed by atoms with Crippen molar-refractivity contribution < 1.29 is 4.42 Å². The van der Waals surface area contributed by atoms with Gasteiger partial charge in [-0.05, 0) is 32.9 Å². The highest BCUT2D eigenvalue weighted by molar-refractivity contribution is 5.77. The first-order valence-electron chi connectivity index (χ1n) is 5.77. The van der Waals surface area contributed by atoms with Crippen molar-refractivity contribution in [3.8, 4) is 0 Å². The summed E-state index contributed by atoms with van der Waals surface area (Å²) in [5.41, 5.74) is 1.15. The van der Waals surface area contributed by atoms with E-state index in [1.807, 2.05) is 18.2 Å². The van der Waals surface area contributed by atoms with Gasteiger partial charge in [0.2, 0.25) is 0 Å². The second kappa shape index (κ2) is 4.30. The highest BCUT2D eigenvalue weighted by atomic mass is 16.3. The number of rotatable bonds is 3. The number of benzene rings is 1. The summed E-state index contributed by atoms with van der Waals surface area (Å²) in [6.07, 6.45) is 0.936. The molecule has 2 aromatic rings. The van der Waals surface area contributed by atoms with Crippen LogP contribution >= 0.6 is 0 Å². The normalized spacial score (nSPS) is 12.2. The van der Waals surface area contributed by atoms with Crippen molar-refractivity contribution in [2.24, 2.45) is 0 Å². The van der Waals surface area contributed by atoms with Crippen LogP contribution in [0, 0.1) is 0 Å². The van der Waals surface area contributed by atoms with Crippen molar-refractivity contribution in [2.75, 3.05) is 6.54 Å². The summed E-state index contributed by atoms with van der Waals surface area (Å²) >= 11 is 0. The number of fused-ring (bicyclic) bond motifs is 1. The summed E-state index contributed by atoms with van der Waals surface area (Å²) < 4.78 is 5.74. The van der Waals surface area contributed by atoms with Gasteiger partial charge in [0.25, 0.3) is 0 Å². The molecule has 1 aromatic heterocycles. The van der Waals surface area contributed by atoms with Crippen LogP contribution in [0.15, 0.2) is 34.7 Å². The number of nitrogens with one attached hydrogen (secondary N) is 1. The summed E-state index contributed by atoms with van der Waals surface area (Å²) in [5.74, 6) is 1.05. The van der Waals surface area contributed by atoms with Gasteiger partial charge in [-0.1, -0.05) is 18.2 Å². The van der Waals surface area contributed by atoms with E-state index in [9.17, 15) is 0 Å². The minimum Gasteiger partial charge on any atom is -0.461 e. The molecule has 0 bridgehead atoms. The molecular weight excluding hydrogens is 198 g/mol. The molecule has 86 valence electrons. The van der Waals surface area contributed by atoms with E-state index in [0.717, 1.165) is 24.3 Å². The maximum absolute atomic E-state index is 5.74. The highest BCUT2D eigenvalue weighted by Crippen LogP contribution is 2.18. The van der Waals surface area contributed by atoms with E-state index < -0.39 is 0 Å². The SMILES string of the molecule is CC(C)(C)NCCc1cc2ccccc2o1. The predicted molar refractivity (Wildman–Crippen MR) is 67.7 cm³/mol. The maximum atomic E-state index is 5.74. The zero-order chi connectivity index (χ0) is 11.6. The average Bonchev–Trinajstić information content (AvgIpc) is 2.57. The van der Waals surface area contributed by atoms with Crippen molar-refractivity contribution >= 4 is 11.0 Å². The Bertz CT molecular complexity index is 432. The molecule has 0 amide bonds. The van der Waals surface area contributed by atoms with Crippen molar-refractivity contribution in [1.29, 1.82) is 0 Å². The molecule has 0 unspecified atom stereocenters. The predicted octanol–water partition coefficient (Wildman–Crippen LogP) is 3.36. The van der Waals surface area contributed by atoms with Gasteiger partial charge < -0.3 is 9.73 Å². The van der Waals surface area contributed by atoms with Gasteiger partial charge in [-0.25, -0.2) is 0 Å². The quantitative estimate of drug-likeness (QED) is 0.852. The Morgan fingerprint density at radius 3 is 2.62 bits per heavy atom. The van der Waals surface area contributed by atoms with E-state index in [4.69, 9.17) is 4.42 Å². The Kier molecular flexibility index (Phi) is 3.01. The molecule has 0 atom stereocenters. The minimum atomic E-state index is 0.173. The first-order valence-corrected chi connectivity index (χ1v) is 5.77. The summed E-state index contributed by atoms with van der Waals surface area (Å²) in [5, 5.41) is 4.64. The summed E-state index contributed by atoms with van der Waals surface area (Å²) in [6.45, 7) is 7.46. The van der Waals surface area contributed by atoms with Crippen LogP contribution in [-0.4, -0.2) is 12.1 Å². The average molecular weight is 217 g/mol. The van der Waals surface area contributed by atoms with Crippen LogP contribution in [0.25, 0.3) is 11.0 Å². The zero-order valence-electron chi connectivity index (χ0n) is 10.2. The van der Waals surface area contributed by atoms with Crippen molar-refractivity contribution in [3.63, 3.8) is 0 Å². The van der Waals surface area contributed by atoms with E-state index in [0.29, 0.717) is 0 Å². The lowest BCUT2D eigenvalue weighted by Crippen LogP contribution is -2.37. The summed E-state index contributed by atoms with van der Waals surface area (Å²) in [7, 11) is 0. The molecule has 1 aromatic carbocycles. The first kappa shape index (κ1) is 11.2. The Balaban J connectivity index is 2.00. The fourth-order valence-corrected chi connectivity index (χ4v) is 1.72. The van der Waals surface area contributed by atoms with E-state index in [2.05, 4.69) is 38.2 Å². The van der Waals surface area contributed by atoms with Crippen LogP contribution in [0.3, 0.4) is 0 Å². The monoisotopic (exact) mass is 217 g/mol. The molecule has 2 rings (SSSR count). The molecule has 0 saturated carbocycles. The molecule has 2 nitrogen and oxygen atoms in total. The molecule has 1 heterocycles. The van der Waals surface area contributed by atoms with Gasteiger partial charge in [0.1, 0.15) is 11.3 Å². The summed E-state index contributed by atoms with van der Waals surface area (Å²) in [6, 6.07) is 10.3. The van der Waals surface area contributed by atoms with Crippen LogP contribution in [0.4, 0.5) is 0 Å². The third-order valence-corrected chi connectivity index (χ3v) is 2.50. The summed E-state index contributed by atoms with van der Waals surface area (Å²) in [4.78, 5) is 0. The molecule has 1 N–H and O–H groups in total. The third kappa shape index (κ3) is 2.86. The van der Waals surface area contributed by atoms with Crippen LogP contribution in [-0.2, 0) is 6.42 Å². The van der Waals surface area contributed by atoms with Crippen LogP contribution < -0.4 is 5.32 Å². The van der Waals surface area contributed by atoms with Crippen LogP contribution in [0.5, 0.6) is 0 Å². The van der Waals surface area contributed by atoms with Gasteiger partial charge in [-0.2, -0.15) is 0 Å². The molecule has 0 aliphatic heterocycles. The van der Waals surface area contributed by atoms with Crippen molar-refractivity contribution in [3.05, 3.63) is 36.1 Å². The standard InChI is InChI=1S/C14H19NO/c1-14(2,3)15-9-8-12-10-11-6-4-5-7-13(11)16-12/h4-7,10,15H,8-9H2,1-3H3.